The second-order valence-corrected chi connectivity index (χ2v) is 47.6. The van der Waals surface area contributed by atoms with E-state index in [0.29, 0.717) is 87.7 Å². The molecule has 2 aliphatic heterocycles. The number of aliphatic hydroxyl groups is 2. The van der Waals surface area contributed by atoms with Gasteiger partial charge in [-0.25, -0.2) is 0 Å². The van der Waals surface area contributed by atoms with Crippen LogP contribution in [-0.4, -0.2) is 97.0 Å². The zero-order valence-electron chi connectivity index (χ0n) is 83.9. The topological polar surface area (TPSA) is 189 Å². The van der Waals surface area contributed by atoms with Crippen molar-refractivity contribution in [1.29, 1.82) is 0 Å². The molecule has 2 spiro atoms. The number of hydrogen-bond acceptors (Lipinski definition) is 13. The first-order valence-corrected chi connectivity index (χ1v) is 48.0. The number of allylic oxidation sites excluding steroid dienone is 2. The lowest BCUT2D eigenvalue weighted by Gasteiger charge is -2.50. The Morgan fingerprint density at radius 1 is 0.479 bits per heavy atom. The second-order valence-electron chi connectivity index (χ2n) is 47.6. The molecule has 119 heavy (non-hydrogen) atoms. The van der Waals surface area contributed by atoms with E-state index in [0.717, 1.165) is 142 Å². The smallest absolute Gasteiger partial charge is 0.310 e. The van der Waals surface area contributed by atoms with Gasteiger partial charge in [-0.15, -0.1) is 6.58 Å². The van der Waals surface area contributed by atoms with Crippen molar-refractivity contribution in [3.05, 3.63) is 35.5 Å². The maximum absolute atomic E-state index is 11.1. The van der Waals surface area contributed by atoms with Crippen molar-refractivity contribution in [3.8, 4) is 0 Å². The van der Waals surface area contributed by atoms with Crippen LogP contribution < -0.4 is 0 Å². The van der Waals surface area contributed by atoms with Gasteiger partial charge >= 0.3 is 23.9 Å². The van der Waals surface area contributed by atoms with Crippen LogP contribution in [0.3, 0.4) is 0 Å². The minimum absolute atomic E-state index is 0.158. The zero-order chi connectivity index (χ0) is 91.3. The van der Waals surface area contributed by atoms with Gasteiger partial charge in [-0.05, 0) is 327 Å². The molecule has 0 aromatic rings. The molecule has 6 saturated carbocycles. The fourth-order valence-corrected chi connectivity index (χ4v) is 24.8. The molecular formula is C106H194O13. The van der Waals surface area contributed by atoms with Gasteiger partial charge in [-0.1, -0.05) is 209 Å². The van der Waals surface area contributed by atoms with Gasteiger partial charge in [0, 0.05) is 66.8 Å². The quantitative estimate of drug-likeness (QED) is 0.0385. The molecule has 9 aliphatic rings. The number of ketones is 1. The number of carbonyl (C=O) groups is 6. The largest absolute Gasteiger partial charge is 0.466 e. The summed E-state index contributed by atoms with van der Waals surface area (Å²) in [7, 11) is 0. The van der Waals surface area contributed by atoms with E-state index in [9.17, 15) is 28.8 Å². The molecule has 2 heterocycles. The van der Waals surface area contributed by atoms with Crippen LogP contribution in [0.25, 0.3) is 0 Å². The van der Waals surface area contributed by atoms with Crippen molar-refractivity contribution in [2.45, 2.75) is 438 Å². The van der Waals surface area contributed by atoms with Gasteiger partial charge in [-0.2, -0.15) is 0 Å². The number of aliphatic hydroxyl groups excluding tert-OH is 2. The minimum atomic E-state index is -0.562. The van der Waals surface area contributed by atoms with E-state index in [1.54, 1.807) is 5.57 Å². The van der Waals surface area contributed by atoms with E-state index in [1.807, 2.05) is 6.92 Å². The summed E-state index contributed by atoms with van der Waals surface area (Å²) in [5.74, 6) is 10.6. The SMILES string of the molecule is C=C(C)CCO.CC(=O)OC(C)=O.CC(=O)OCCC(C)CC1=CC(C)(C)CC(C)C1.CC(=O)OCCC(C)CC1CC(C)CC(C)(C)C1.CC(CC=O)CC1CC(C)CC(C)(C)C1.CC(CCO)CC1CC(C)CC(C)(C)C1.CC1=CCOC2(C1)CC(C)CC(C)(C)C2.CC1CC(=O)CC(C)(C)C1.CC1CCOC2(C1)CC(C)CC(C)(C)C2. The van der Waals surface area contributed by atoms with Crippen LogP contribution in [-0.2, 0) is 52.5 Å². The van der Waals surface area contributed by atoms with E-state index in [2.05, 4.69) is 210 Å². The molecule has 1 saturated heterocycles. The molecule has 0 bridgehead atoms. The van der Waals surface area contributed by atoms with E-state index in [1.165, 1.54) is 181 Å². The number of Topliss-reactive ketones (excluding diaryl/α,β-unsaturated/α-hetero) is 1. The Balaban J connectivity index is 0.000000680. The van der Waals surface area contributed by atoms with Gasteiger partial charge in [-0.3, -0.25) is 24.0 Å². The molecule has 2 N–H and O–H groups in total. The Labute approximate surface area is 734 Å². The number of esters is 4. The third-order valence-corrected chi connectivity index (χ3v) is 26.3. The van der Waals surface area contributed by atoms with E-state index in [-0.39, 0.29) is 35.2 Å². The summed E-state index contributed by atoms with van der Waals surface area (Å²) in [4.78, 5) is 62.6. The molecule has 7 aliphatic carbocycles. The van der Waals surface area contributed by atoms with Crippen molar-refractivity contribution < 1.29 is 62.7 Å². The summed E-state index contributed by atoms with van der Waals surface area (Å²) in [5.41, 5.74) is 7.68. The fraction of sp³-hybridized carbons (Fsp3) is 0.887. The third-order valence-electron chi connectivity index (χ3n) is 26.3. The van der Waals surface area contributed by atoms with Gasteiger partial charge < -0.3 is 38.7 Å². The van der Waals surface area contributed by atoms with E-state index < -0.39 is 11.9 Å². The number of rotatable bonds is 20. The molecule has 0 aromatic carbocycles. The number of aldehydes is 1. The monoisotopic (exact) mass is 1680 g/mol. The lowest BCUT2D eigenvalue weighted by Crippen LogP contribution is -2.47. The van der Waals surface area contributed by atoms with Crippen molar-refractivity contribution in [2.75, 3.05) is 39.6 Å². The minimum Gasteiger partial charge on any atom is -0.466 e. The van der Waals surface area contributed by atoms with Gasteiger partial charge in [0.05, 0.1) is 31.0 Å². The van der Waals surface area contributed by atoms with Crippen LogP contribution in [0.15, 0.2) is 35.5 Å². The highest BCUT2D eigenvalue weighted by Gasteiger charge is 2.47. The van der Waals surface area contributed by atoms with Gasteiger partial charge in [0.25, 0.3) is 0 Å². The fourth-order valence-electron chi connectivity index (χ4n) is 24.8. The number of ether oxygens (including phenoxy) is 5. The zero-order valence-corrected chi connectivity index (χ0v) is 83.9. The molecule has 7 fully saturated rings. The van der Waals surface area contributed by atoms with Crippen molar-refractivity contribution in [1.82, 2.24) is 0 Å². The summed E-state index contributed by atoms with van der Waals surface area (Å²) in [5, 5.41) is 17.1. The summed E-state index contributed by atoms with van der Waals surface area (Å²) in [6.07, 6.45) is 44.3. The Morgan fingerprint density at radius 2 is 0.891 bits per heavy atom. The van der Waals surface area contributed by atoms with E-state index in [4.69, 9.17) is 29.2 Å². The Hall–Kier alpha value is -3.52. The molecule has 9 rings (SSSR count). The predicted molar refractivity (Wildman–Crippen MR) is 500 cm³/mol. The maximum Gasteiger partial charge on any atom is 0.310 e. The lowest BCUT2D eigenvalue weighted by molar-refractivity contribution is -0.156. The van der Waals surface area contributed by atoms with Gasteiger partial charge in [0.15, 0.2) is 0 Å². The van der Waals surface area contributed by atoms with Crippen LogP contribution in [0.1, 0.15) is 427 Å². The average Bonchev–Trinajstić information content (AvgIpc) is 0.783. The summed E-state index contributed by atoms with van der Waals surface area (Å²) < 4.78 is 26.3. The molecule has 13 nitrogen and oxygen atoms in total. The van der Waals surface area contributed by atoms with Crippen LogP contribution in [0.2, 0.25) is 0 Å². The first-order chi connectivity index (χ1) is 54.6. The second kappa shape index (κ2) is 53.8. The summed E-state index contributed by atoms with van der Waals surface area (Å²) in [6, 6.07) is 0. The van der Waals surface area contributed by atoms with Gasteiger partial charge in [0.1, 0.15) is 12.1 Å². The molecule has 0 amide bonds. The molecule has 0 radical (unpaired) electrons. The Kier molecular flexibility index (Phi) is 51.3. The van der Waals surface area contributed by atoms with Crippen LogP contribution in [0.5, 0.6) is 0 Å². The van der Waals surface area contributed by atoms with Gasteiger partial charge in [0.2, 0.25) is 0 Å². The number of carbonyl (C=O) groups excluding carboxylic acids is 6. The number of hydrogen-bond donors (Lipinski definition) is 2. The molecule has 0 aromatic heterocycles. The van der Waals surface area contributed by atoms with Crippen LogP contribution >= 0.6 is 0 Å². The van der Waals surface area contributed by atoms with Crippen molar-refractivity contribution in [3.63, 3.8) is 0 Å². The highest BCUT2D eigenvalue weighted by atomic mass is 16.6. The Morgan fingerprint density at radius 3 is 1.25 bits per heavy atom. The third kappa shape index (κ3) is 54.2. The normalized spacial score (nSPS) is 30.6. The molecule has 13 heteroatoms. The summed E-state index contributed by atoms with van der Waals surface area (Å²) >= 11 is 0. The highest BCUT2D eigenvalue weighted by molar-refractivity contribution is 5.82. The van der Waals surface area contributed by atoms with E-state index >= 15 is 0 Å². The van der Waals surface area contributed by atoms with Crippen LogP contribution in [0.4, 0.5) is 0 Å². The Bertz CT molecular complexity index is 2980. The molecule has 17 unspecified atom stereocenters. The first-order valence-electron chi connectivity index (χ1n) is 48.0. The average molecular weight is 1680 g/mol. The van der Waals surface area contributed by atoms with Crippen molar-refractivity contribution >= 4 is 35.9 Å². The first kappa shape index (κ1) is 113. The highest BCUT2D eigenvalue weighted by Crippen LogP contribution is 2.53. The summed E-state index contributed by atoms with van der Waals surface area (Å²) in [6.45, 7) is 77.4. The lowest BCUT2D eigenvalue weighted by atomic mass is 9.63. The van der Waals surface area contributed by atoms with Crippen molar-refractivity contribution in [2.24, 2.45) is 127 Å². The standard InChI is InChI=1S/C16H30O2.C16H28O2.C14H26O.C14H24O.C14H28O.C14H26O.C9H16O.C5H10O.C4H6O3/c2*1-12(6-7-18-14(3)17)8-15-9-13(2)10-16(4,5)11-15;2*1-11-5-6-15-14(8-11)9-12(2)7-13(3,4)10-14;2*1-11(5-6-15)7-13-8-12(2)9-14(3,4)10-13;1-7-4-8(10)6-9(2,3)5-7;1-5(2)3-4-6;1-3(5)7-4(2)6/h12-13,15H,6-11H2,1-5H3;11-13H,6-10H2,1-5H3;11-12H,5-10H2,1-4H3;5,12H,6-10H2,1-4H3;11-13,15H,5-10H2,1-4H3;6,11-13H,5,7-10H2,1-4H3;7H,4-6H2,1-3H3;6H,1,3-4H2,2H3;1-2H3. The maximum atomic E-state index is 11.1. The van der Waals surface area contributed by atoms with Crippen LogP contribution in [0, 0.1) is 127 Å². The molecule has 17 atom stereocenters. The predicted octanol–water partition coefficient (Wildman–Crippen LogP) is 28.1. The molecular weight excluding hydrogens is 1480 g/mol. The molecule has 696 valence electrons.